The van der Waals surface area contributed by atoms with Crippen molar-refractivity contribution >= 4 is 52.5 Å². The monoisotopic (exact) mass is 672 g/mol. The number of aromatic hydroxyl groups is 1. The SMILES string of the molecule is CCCN1C(=O)[C@H]2[C@H](CC=C3[C@H]2C[C@@]2(Cl)C(=O)N(c4c(F)c(F)c(F)c(F)c4F)C(=O)[C@@]2(Cl)[C@H]3c2ccc(OC)cc2O)C1=O. The van der Waals surface area contributed by atoms with E-state index in [2.05, 4.69) is 0 Å². The number of phenols is 1. The van der Waals surface area contributed by atoms with Gasteiger partial charge in [0.05, 0.1) is 18.9 Å². The molecule has 8 nitrogen and oxygen atoms in total. The second-order valence-corrected chi connectivity index (χ2v) is 12.7. The Morgan fingerprint density at radius 1 is 0.933 bits per heavy atom. The van der Waals surface area contributed by atoms with Crippen LogP contribution in [0.2, 0.25) is 0 Å². The quantitative estimate of drug-likeness (QED) is 0.119. The average Bonchev–Trinajstić information content (AvgIpc) is 3.34. The molecule has 6 rings (SSSR count). The van der Waals surface area contributed by atoms with E-state index < -0.39 is 104 Å². The van der Waals surface area contributed by atoms with Gasteiger partial charge in [-0.05, 0) is 31.2 Å². The third-order valence-electron chi connectivity index (χ3n) is 9.31. The van der Waals surface area contributed by atoms with Crippen LogP contribution in [0.3, 0.4) is 0 Å². The fourth-order valence-electron chi connectivity index (χ4n) is 7.32. The van der Waals surface area contributed by atoms with Crippen LogP contribution in [0.5, 0.6) is 11.5 Å². The summed E-state index contributed by atoms with van der Waals surface area (Å²) in [7, 11) is 1.31. The van der Waals surface area contributed by atoms with E-state index in [0.717, 1.165) is 11.0 Å². The molecule has 2 aromatic carbocycles. The average molecular weight is 673 g/mol. The Kier molecular flexibility index (Phi) is 7.24. The molecule has 238 valence electrons. The van der Waals surface area contributed by atoms with Crippen LogP contribution in [0.25, 0.3) is 0 Å². The number of allylic oxidation sites excluding steroid dienone is 2. The predicted molar refractivity (Wildman–Crippen MR) is 148 cm³/mol. The van der Waals surface area contributed by atoms with E-state index in [1.54, 1.807) is 13.0 Å². The number of hydrogen-bond acceptors (Lipinski definition) is 6. The highest BCUT2D eigenvalue weighted by Crippen LogP contribution is 2.66. The van der Waals surface area contributed by atoms with Gasteiger partial charge in [-0.1, -0.05) is 24.6 Å². The van der Waals surface area contributed by atoms with Crippen molar-refractivity contribution in [1.82, 2.24) is 4.90 Å². The smallest absolute Gasteiger partial charge is 0.258 e. The van der Waals surface area contributed by atoms with Crippen molar-refractivity contribution in [2.75, 3.05) is 18.6 Å². The minimum Gasteiger partial charge on any atom is -0.508 e. The molecule has 0 bridgehead atoms. The first-order valence-electron chi connectivity index (χ1n) is 13.9. The number of nitrogens with zero attached hydrogens (tertiary/aromatic N) is 2. The van der Waals surface area contributed by atoms with E-state index in [9.17, 15) is 37.5 Å². The molecule has 2 saturated heterocycles. The van der Waals surface area contributed by atoms with Crippen LogP contribution >= 0.6 is 23.2 Å². The number of carbonyl (C=O) groups is 4. The summed E-state index contributed by atoms with van der Waals surface area (Å²) in [5, 5.41) is 11.1. The van der Waals surface area contributed by atoms with Crippen LogP contribution in [0.1, 0.15) is 37.7 Å². The summed E-state index contributed by atoms with van der Waals surface area (Å²) in [5.41, 5.74) is -1.74. The third kappa shape index (κ3) is 3.89. The van der Waals surface area contributed by atoms with Gasteiger partial charge >= 0.3 is 0 Å². The number of phenolic OH excluding ortho intramolecular Hbond substituents is 1. The Bertz CT molecular complexity index is 1730. The molecule has 4 aliphatic rings. The van der Waals surface area contributed by atoms with Gasteiger partial charge in [0, 0.05) is 24.1 Å². The number of fused-ring (bicyclic) bond motifs is 4. The minimum absolute atomic E-state index is 0.0143. The maximum absolute atomic E-state index is 15.1. The van der Waals surface area contributed by atoms with Gasteiger partial charge < -0.3 is 9.84 Å². The number of carbonyl (C=O) groups excluding carboxylic acids is 4. The Balaban J connectivity index is 1.60. The van der Waals surface area contributed by atoms with Crippen molar-refractivity contribution in [3.63, 3.8) is 0 Å². The zero-order valence-corrected chi connectivity index (χ0v) is 25.0. The van der Waals surface area contributed by atoms with E-state index >= 15 is 8.78 Å². The number of alkyl halides is 2. The molecule has 45 heavy (non-hydrogen) atoms. The summed E-state index contributed by atoms with van der Waals surface area (Å²) >= 11 is 14.0. The number of imide groups is 2. The van der Waals surface area contributed by atoms with Crippen molar-refractivity contribution in [2.45, 2.75) is 41.9 Å². The summed E-state index contributed by atoms with van der Waals surface area (Å²) in [4.78, 5) is 50.6. The molecule has 2 heterocycles. The number of methoxy groups -OCH3 is 1. The van der Waals surface area contributed by atoms with E-state index in [0.29, 0.717) is 6.42 Å². The van der Waals surface area contributed by atoms with Crippen LogP contribution < -0.4 is 9.64 Å². The van der Waals surface area contributed by atoms with Crippen molar-refractivity contribution in [3.8, 4) is 11.5 Å². The van der Waals surface area contributed by atoms with Crippen molar-refractivity contribution in [2.24, 2.45) is 17.8 Å². The van der Waals surface area contributed by atoms with E-state index in [-0.39, 0.29) is 34.8 Å². The molecule has 4 amide bonds. The van der Waals surface area contributed by atoms with Gasteiger partial charge in [-0.15, -0.1) is 23.2 Å². The van der Waals surface area contributed by atoms with Gasteiger partial charge in [0.25, 0.3) is 11.8 Å². The van der Waals surface area contributed by atoms with E-state index in [4.69, 9.17) is 27.9 Å². The molecule has 1 saturated carbocycles. The van der Waals surface area contributed by atoms with Crippen molar-refractivity contribution < 1.29 is 51.0 Å². The van der Waals surface area contributed by atoms with Gasteiger partial charge in [0.2, 0.25) is 17.6 Å². The van der Waals surface area contributed by atoms with Crippen LogP contribution in [-0.2, 0) is 19.2 Å². The fourth-order valence-corrected chi connectivity index (χ4v) is 8.24. The Labute approximate surface area is 262 Å². The number of amides is 4. The molecular formula is C30H23Cl2F5N2O6. The number of anilines is 1. The first-order valence-corrected chi connectivity index (χ1v) is 14.6. The molecular weight excluding hydrogens is 650 g/mol. The van der Waals surface area contributed by atoms with Gasteiger partial charge in [-0.2, -0.15) is 0 Å². The minimum atomic E-state index is -2.72. The molecule has 2 aliphatic heterocycles. The number of ether oxygens (including phenoxy) is 1. The first-order chi connectivity index (χ1) is 21.2. The van der Waals surface area contributed by atoms with Gasteiger partial charge in [-0.25, -0.2) is 26.9 Å². The highest BCUT2D eigenvalue weighted by molar-refractivity contribution is 6.58. The van der Waals surface area contributed by atoms with Crippen molar-refractivity contribution in [1.29, 1.82) is 0 Å². The zero-order chi connectivity index (χ0) is 32.9. The second kappa shape index (κ2) is 10.4. The van der Waals surface area contributed by atoms with Gasteiger partial charge in [0.15, 0.2) is 33.0 Å². The predicted octanol–water partition coefficient (Wildman–Crippen LogP) is 5.07. The van der Waals surface area contributed by atoms with Crippen LogP contribution in [0, 0.1) is 46.8 Å². The number of benzene rings is 2. The summed E-state index contributed by atoms with van der Waals surface area (Å²) < 4.78 is 77.8. The highest BCUT2D eigenvalue weighted by atomic mass is 35.5. The molecule has 0 aromatic heterocycles. The molecule has 0 unspecified atom stereocenters. The van der Waals surface area contributed by atoms with Gasteiger partial charge in [-0.3, -0.25) is 24.1 Å². The van der Waals surface area contributed by atoms with Gasteiger partial charge in [0.1, 0.15) is 17.2 Å². The number of likely N-dealkylation sites (tertiary alicyclic amines) is 1. The van der Waals surface area contributed by atoms with Crippen molar-refractivity contribution in [3.05, 3.63) is 64.5 Å². The lowest BCUT2D eigenvalue weighted by Crippen LogP contribution is -2.60. The lowest BCUT2D eigenvalue weighted by atomic mass is 9.56. The first kappa shape index (κ1) is 31.3. The number of hydrogen-bond donors (Lipinski definition) is 1. The summed E-state index contributed by atoms with van der Waals surface area (Å²) in [6.45, 7) is 1.88. The topological polar surface area (TPSA) is 104 Å². The maximum Gasteiger partial charge on any atom is 0.258 e. The molecule has 6 atom stereocenters. The third-order valence-corrected chi connectivity index (χ3v) is 10.7. The Hall–Kier alpha value is -3.71. The number of rotatable bonds is 5. The molecule has 15 heteroatoms. The molecule has 1 N–H and O–H groups in total. The van der Waals surface area contributed by atoms with Crippen LogP contribution in [0.4, 0.5) is 27.6 Å². The second-order valence-electron chi connectivity index (χ2n) is 11.4. The molecule has 0 radical (unpaired) electrons. The molecule has 3 fully saturated rings. The van der Waals surface area contributed by atoms with E-state index in [1.165, 1.54) is 19.2 Å². The lowest BCUT2D eigenvalue weighted by Gasteiger charge is -2.50. The summed E-state index contributed by atoms with van der Waals surface area (Å²) in [5.74, 6) is -21.4. The normalized spacial score (nSPS) is 30.8. The molecule has 2 aliphatic carbocycles. The summed E-state index contributed by atoms with van der Waals surface area (Å²) in [6.07, 6.45) is 1.41. The zero-order valence-electron chi connectivity index (χ0n) is 23.5. The lowest BCUT2D eigenvalue weighted by molar-refractivity contribution is -0.140. The fraction of sp³-hybridized carbons (Fsp3) is 0.400. The summed E-state index contributed by atoms with van der Waals surface area (Å²) in [6, 6.07) is 3.86. The Morgan fingerprint density at radius 2 is 1.56 bits per heavy atom. The van der Waals surface area contributed by atoms with Crippen LogP contribution in [-0.4, -0.2) is 57.0 Å². The molecule has 2 aromatic rings. The van der Waals surface area contributed by atoms with E-state index in [1.807, 2.05) is 0 Å². The maximum atomic E-state index is 15.1. The standard InChI is InChI=1S/C30H23Cl2F5N2O6/c1-3-8-38-25(41)14-7-6-12-15(17(14)26(38)42)10-29(31)27(43)39(24-22(36)20(34)19(33)21(35)23(24)37)28(44)30(29,32)18(12)13-5-4-11(45-2)9-16(13)40/h4-6,9,14-15,17-18,40H,3,7-8,10H2,1-2H3/t14-,15+,17-,18+,29+,30-/m0/s1. The molecule has 0 spiro atoms. The Morgan fingerprint density at radius 3 is 2.13 bits per heavy atom. The van der Waals surface area contributed by atoms with Crippen LogP contribution in [0.15, 0.2) is 29.8 Å². The highest BCUT2D eigenvalue weighted by Gasteiger charge is 2.77. The number of halogens is 7. The largest absolute Gasteiger partial charge is 0.508 e.